The maximum absolute atomic E-state index is 11.8. The second-order valence-corrected chi connectivity index (χ2v) is 6.98. The van der Waals surface area contributed by atoms with Gasteiger partial charge >= 0.3 is 11.7 Å². The number of hydrogen-bond donors (Lipinski definition) is 5. The van der Waals surface area contributed by atoms with Gasteiger partial charge in [-0.05, 0) is 12.8 Å². The number of anilines is 1. The number of nitrogens with zero attached hydrogens (tertiary/aromatic N) is 3. The Hall–Kier alpha value is -2.61. The number of carbonyl (C=O) groups is 2. The van der Waals surface area contributed by atoms with E-state index < -0.39 is 42.0 Å². The largest absolute Gasteiger partial charge is 0.463 e. The summed E-state index contributed by atoms with van der Waals surface area (Å²) in [6.45, 7) is -0.340. The molecule has 1 amide bonds. The van der Waals surface area contributed by atoms with Crippen molar-refractivity contribution in [1.29, 1.82) is 0 Å². The van der Waals surface area contributed by atoms with Crippen LogP contribution in [0, 0.1) is 0 Å². The van der Waals surface area contributed by atoms with Crippen molar-refractivity contribution in [1.82, 2.24) is 20.0 Å². The van der Waals surface area contributed by atoms with Crippen LogP contribution in [0.15, 0.2) is 11.1 Å². The van der Waals surface area contributed by atoms with Gasteiger partial charge in [0.25, 0.3) is 0 Å². The molecule has 168 valence electrons. The Morgan fingerprint density at radius 3 is 2.50 bits per heavy atom. The molecule has 0 aliphatic carbocycles. The van der Waals surface area contributed by atoms with Crippen LogP contribution in [0.1, 0.15) is 38.5 Å². The lowest BCUT2D eigenvalue weighted by Gasteiger charge is -2.15. The highest BCUT2D eigenvalue weighted by molar-refractivity contribution is 5.74. The summed E-state index contributed by atoms with van der Waals surface area (Å²) in [7, 11) is 0. The minimum Gasteiger partial charge on any atom is -0.463 e. The molecule has 13 heteroatoms. The molecule has 1 fully saturated rings. The van der Waals surface area contributed by atoms with Gasteiger partial charge in [0.05, 0.1) is 6.54 Å². The molecule has 1 aliphatic heterocycles. The van der Waals surface area contributed by atoms with E-state index in [1.807, 2.05) is 0 Å². The first kappa shape index (κ1) is 23.7. The minimum absolute atomic E-state index is 0.101. The van der Waals surface area contributed by atoms with Crippen molar-refractivity contribution in [2.75, 3.05) is 12.3 Å². The predicted molar refractivity (Wildman–Crippen MR) is 100.0 cm³/mol. The topological polar surface area (TPSA) is 199 Å². The quantitative estimate of drug-likeness (QED) is 0.114. The number of carbonyl (C=O) groups excluding carboxylic acids is 2. The molecule has 1 saturated heterocycles. The van der Waals surface area contributed by atoms with Crippen LogP contribution in [-0.2, 0) is 25.6 Å². The normalized spacial score (nSPS) is 23.3. The number of unbranched alkanes of at least 4 members (excludes halogenated alkanes) is 3. The van der Waals surface area contributed by atoms with E-state index in [-0.39, 0.29) is 31.9 Å². The van der Waals surface area contributed by atoms with E-state index in [1.165, 1.54) is 0 Å². The zero-order valence-electron chi connectivity index (χ0n) is 16.3. The monoisotopic (exact) mass is 429 g/mol. The highest BCUT2D eigenvalue weighted by Crippen LogP contribution is 2.23. The molecule has 1 aromatic heterocycles. The van der Waals surface area contributed by atoms with E-state index >= 15 is 0 Å². The molecule has 13 nitrogen and oxygen atoms in total. The van der Waals surface area contributed by atoms with Gasteiger partial charge in [-0.2, -0.15) is 4.98 Å². The Labute approximate surface area is 171 Å². The van der Waals surface area contributed by atoms with E-state index in [0.717, 1.165) is 23.7 Å². The Bertz CT molecular complexity index is 773. The number of amides is 1. The molecule has 0 spiro atoms. The van der Waals surface area contributed by atoms with Crippen LogP contribution in [0.2, 0.25) is 0 Å². The smallest absolute Gasteiger partial charge is 0.352 e. The number of nitrogen functional groups attached to an aromatic ring is 1. The number of aromatic nitrogens is 3. The summed E-state index contributed by atoms with van der Waals surface area (Å²) in [5.74, 6) is -1.09. The van der Waals surface area contributed by atoms with Gasteiger partial charge in [0.2, 0.25) is 11.9 Å². The average molecular weight is 429 g/mol. The molecular weight excluding hydrogens is 402 g/mol. The highest BCUT2D eigenvalue weighted by Gasteiger charge is 2.43. The molecule has 2 heterocycles. The summed E-state index contributed by atoms with van der Waals surface area (Å²) >= 11 is 0. The van der Waals surface area contributed by atoms with Crippen molar-refractivity contribution in [3.8, 4) is 0 Å². The van der Waals surface area contributed by atoms with Crippen LogP contribution < -0.4 is 16.9 Å². The van der Waals surface area contributed by atoms with E-state index in [4.69, 9.17) is 20.4 Å². The minimum atomic E-state index is -1.29. The fraction of sp³-hybridized carbons (Fsp3) is 0.706. The first-order valence-corrected chi connectivity index (χ1v) is 9.61. The first-order chi connectivity index (χ1) is 14.3. The Kier molecular flexibility index (Phi) is 9.11. The lowest BCUT2D eigenvalue weighted by Crippen LogP contribution is -2.37. The van der Waals surface area contributed by atoms with E-state index in [9.17, 15) is 24.6 Å². The third kappa shape index (κ3) is 7.02. The van der Waals surface area contributed by atoms with E-state index in [1.54, 1.807) is 5.48 Å². The van der Waals surface area contributed by atoms with E-state index in [2.05, 4.69) is 9.97 Å². The Balaban J connectivity index is 1.69. The van der Waals surface area contributed by atoms with Gasteiger partial charge in [-0.3, -0.25) is 19.4 Å². The number of ether oxygens (including phenoxy) is 2. The van der Waals surface area contributed by atoms with Gasteiger partial charge in [-0.1, -0.05) is 12.8 Å². The zero-order chi connectivity index (χ0) is 22.1. The second-order valence-electron chi connectivity index (χ2n) is 6.98. The molecule has 30 heavy (non-hydrogen) atoms. The third-order valence-corrected chi connectivity index (χ3v) is 4.69. The van der Waals surface area contributed by atoms with Crippen LogP contribution in [0.5, 0.6) is 0 Å². The lowest BCUT2D eigenvalue weighted by atomic mass is 10.1. The number of hydrogen-bond acceptors (Lipinski definition) is 11. The molecule has 0 unspecified atom stereocenters. The summed E-state index contributed by atoms with van der Waals surface area (Å²) in [6, 6.07) is 0. The number of hydroxylamine groups is 1. The Morgan fingerprint density at radius 1 is 1.17 bits per heavy atom. The Morgan fingerprint density at radius 2 is 1.83 bits per heavy atom. The number of esters is 1. The number of nitrogens with two attached hydrogens (primary N) is 1. The summed E-state index contributed by atoms with van der Waals surface area (Å²) in [5.41, 5.74) is 6.21. The van der Waals surface area contributed by atoms with Gasteiger partial charge in [0.15, 0.2) is 0 Å². The first-order valence-electron chi connectivity index (χ1n) is 9.61. The van der Waals surface area contributed by atoms with Gasteiger partial charge < -0.3 is 25.4 Å². The van der Waals surface area contributed by atoms with Gasteiger partial charge in [-0.25, -0.2) is 15.3 Å². The van der Waals surface area contributed by atoms with Gasteiger partial charge in [0.1, 0.15) is 37.4 Å². The average Bonchev–Trinajstić information content (AvgIpc) is 2.98. The number of aliphatic hydroxyl groups excluding tert-OH is 2. The van der Waals surface area contributed by atoms with Crippen LogP contribution in [0.4, 0.5) is 5.95 Å². The molecule has 0 radical (unpaired) electrons. The van der Waals surface area contributed by atoms with Gasteiger partial charge in [0, 0.05) is 12.8 Å². The SMILES string of the molecule is Nc1ncn(C[C@@H]2O[C@H](COC(=O)CCCCCCC(=O)NO)[C@@H](O)[C@H]2O)c(=O)n1. The second kappa shape index (κ2) is 11.5. The van der Waals surface area contributed by atoms with Crippen LogP contribution >= 0.6 is 0 Å². The zero-order valence-corrected chi connectivity index (χ0v) is 16.3. The maximum Gasteiger partial charge on any atom is 0.352 e. The maximum atomic E-state index is 11.8. The summed E-state index contributed by atoms with van der Waals surface area (Å²) in [4.78, 5) is 41.6. The van der Waals surface area contributed by atoms with Crippen molar-refractivity contribution in [2.24, 2.45) is 0 Å². The lowest BCUT2D eigenvalue weighted by molar-refractivity contribution is -0.149. The number of nitrogens with one attached hydrogen (secondary N) is 1. The third-order valence-electron chi connectivity index (χ3n) is 4.69. The molecule has 6 N–H and O–H groups in total. The van der Waals surface area contributed by atoms with Crippen molar-refractivity contribution in [3.63, 3.8) is 0 Å². The van der Waals surface area contributed by atoms with Crippen molar-refractivity contribution in [2.45, 2.75) is 69.5 Å². The van der Waals surface area contributed by atoms with Crippen molar-refractivity contribution in [3.05, 3.63) is 16.8 Å². The van der Waals surface area contributed by atoms with Crippen molar-refractivity contribution < 1.29 is 34.5 Å². The van der Waals surface area contributed by atoms with E-state index in [0.29, 0.717) is 12.8 Å². The molecular formula is C17H27N5O8. The molecule has 4 atom stereocenters. The molecule has 0 saturated carbocycles. The summed E-state index contributed by atoms with van der Waals surface area (Å²) in [6.07, 6.45) is -0.250. The molecule has 1 aliphatic rings. The molecule has 1 aromatic rings. The molecule has 2 rings (SSSR count). The van der Waals surface area contributed by atoms with Crippen LogP contribution in [0.25, 0.3) is 0 Å². The highest BCUT2D eigenvalue weighted by atomic mass is 16.6. The summed E-state index contributed by atoms with van der Waals surface area (Å²) < 4.78 is 11.7. The summed E-state index contributed by atoms with van der Waals surface area (Å²) in [5, 5.41) is 28.6. The number of rotatable bonds is 11. The van der Waals surface area contributed by atoms with Crippen molar-refractivity contribution >= 4 is 17.8 Å². The van der Waals surface area contributed by atoms with Crippen LogP contribution in [-0.4, -0.2) is 72.9 Å². The molecule has 0 aromatic carbocycles. The predicted octanol–water partition coefficient (Wildman–Crippen LogP) is -1.90. The fourth-order valence-corrected chi connectivity index (χ4v) is 3.01. The fourth-order valence-electron chi connectivity index (χ4n) is 3.01. The number of aliphatic hydroxyl groups is 2. The van der Waals surface area contributed by atoms with Gasteiger partial charge in [-0.15, -0.1) is 0 Å². The standard InChI is InChI=1S/C17H27N5O8/c18-16-19-9-22(17(27)20-16)7-10-14(25)15(26)11(30-10)8-29-13(24)6-4-2-1-3-5-12(23)21-28/h9-11,14-15,25-26,28H,1-8H2,(H,21,23)(H2,18,20,27)/t10-,11+,14-,15+/m0/s1. The molecule has 0 bridgehead atoms. The van der Waals surface area contributed by atoms with Crippen LogP contribution in [0.3, 0.4) is 0 Å².